The molecule has 0 aromatic rings. The maximum atomic E-state index is 12.2. The summed E-state index contributed by atoms with van der Waals surface area (Å²) in [5.41, 5.74) is -0.872. The molecule has 0 N–H and O–H groups in total. The highest BCUT2D eigenvalue weighted by atomic mass is 16.2. The number of nitrogens with zero attached hydrogens (tertiary/aromatic N) is 2. The van der Waals surface area contributed by atoms with E-state index in [1.54, 1.807) is 13.8 Å². The molecule has 16 heavy (non-hydrogen) atoms. The van der Waals surface area contributed by atoms with Gasteiger partial charge in [-0.1, -0.05) is 13.3 Å². The third-order valence-electron chi connectivity index (χ3n) is 3.32. The van der Waals surface area contributed by atoms with Crippen LogP contribution in [0.1, 0.15) is 52.9 Å². The summed E-state index contributed by atoms with van der Waals surface area (Å²) < 4.78 is 0. The molecular formula is C13H22N2O. The van der Waals surface area contributed by atoms with Crippen LogP contribution in [0.15, 0.2) is 0 Å². The fourth-order valence-electron chi connectivity index (χ4n) is 2.31. The summed E-state index contributed by atoms with van der Waals surface area (Å²) in [5, 5.41) is 9.01. The van der Waals surface area contributed by atoms with Gasteiger partial charge in [0.15, 0.2) is 0 Å². The van der Waals surface area contributed by atoms with Crippen LogP contribution in [-0.4, -0.2) is 23.4 Å². The first-order valence-electron chi connectivity index (χ1n) is 6.25. The Hall–Kier alpha value is -1.04. The molecule has 0 saturated carbocycles. The van der Waals surface area contributed by atoms with E-state index < -0.39 is 5.41 Å². The molecule has 3 nitrogen and oxygen atoms in total. The summed E-state index contributed by atoms with van der Waals surface area (Å²) in [6.07, 6.45) is 5.55. The van der Waals surface area contributed by atoms with Crippen molar-refractivity contribution in [3.8, 4) is 6.07 Å². The number of amides is 1. The monoisotopic (exact) mass is 222 g/mol. The van der Waals surface area contributed by atoms with E-state index in [0.717, 1.165) is 32.2 Å². The highest BCUT2D eigenvalue weighted by Gasteiger charge is 2.36. The summed E-state index contributed by atoms with van der Waals surface area (Å²) in [6.45, 7) is 6.40. The minimum atomic E-state index is -0.872. The van der Waals surface area contributed by atoms with E-state index in [4.69, 9.17) is 5.26 Å². The van der Waals surface area contributed by atoms with Crippen LogP contribution < -0.4 is 0 Å². The number of piperidine rings is 1. The molecule has 1 rings (SSSR count). The Labute approximate surface area is 98.4 Å². The summed E-state index contributed by atoms with van der Waals surface area (Å²) in [7, 11) is 0. The van der Waals surface area contributed by atoms with Gasteiger partial charge in [-0.15, -0.1) is 0 Å². The van der Waals surface area contributed by atoms with Gasteiger partial charge in [-0.25, -0.2) is 0 Å². The van der Waals surface area contributed by atoms with Crippen LogP contribution >= 0.6 is 0 Å². The lowest BCUT2D eigenvalue weighted by atomic mass is 9.90. The molecule has 0 spiro atoms. The van der Waals surface area contributed by atoms with Crippen LogP contribution in [0.4, 0.5) is 0 Å². The first-order valence-corrected chi connectivity index (χ1v) is 6.25. The maximum Gasteiger partial charge on any atom is 0.242 e. The van der Waals surface area contributed by atoms with Crippen LogP contribution in [0.2, 0.25) is 0 Å². The van der Waals surface area contributed by atoms with Crippen LogP contribution in [0, 0.1) is 16.7 Å². The number of hydrogen-bond acceptors (Lipinski definition) is 2. The van der Waals surface area contributed by atoms with E-state index in [9.17, 15) is 4.79 Å². The van der Waals surface area contributed by atoms with Crippen molar-refractivity contribution in [2.24, 2.45) is 5.41 Å². The van der Waals surface area contributed by atoms with Crippen molar-refractivity contribution in [2.45, 2.75) is 58.9 Å². The third-order valence-corrected chi connectivity index (χ3v) is 3.32. The van der Waals surface area contributed by atoms with Crippen LogP contribution in [0.3, 0.4) is 0 Å². The minimum Gasteiger partial charge on any atom is -0.338 e. The number of rotatable bonds is 3. The molecule has 3 heteroatoms. The lowest BCUT2D eigenvalue weighted by Crippen LogP contribution is -2.48. The van der Waals surface area contributed by atoms with Gasteiger partial charge in [-0.3, -0.25) is 4.79 Å². The second-order valence-corrected chi connectivity index (χ2v) is 5.17. The fraction of sp³-hybridized carbons (Fsp3) is 0.846. The molecule has 0 aliphatic carbocycles. The van der Waals surface area contributed by atoms with Crippen LogP contribution in [0.5, 0.6) is 0 Å². The largest absolute Gasteiger partial charge is 0.338 e. The quantitative estimate of drug-likeness (QED) is 0.737. The Bertz CT molecular complexity index is 289. The highest BCUT2D eigenvalue weighted by molar-refractivity contribution is 5.85. The van der Waals surface area contributed by atoms with Gasteiger partial charge in [0, 0.05) is 12.6 Å². The molecule has 90 valence electrons. The van der Waals surface area contributed by atoms with E-state index in [1.165, 1.54) is 6.42 Å². The van der Waals surface area contributed by atoms with Crippen molar-refractivity contribution in [3.63, 3.8) is 0 Å². The molecular weight excluding hydrogens is 200 g/mol. The molecule has 1 amide bonds. The molecule has 0 aromatic heterocycles. The van der Waals surface area contributed by atoms with E-state index in [1.807, 2.05) is 4.90 Å². The molecule has 0 aromatic carbocycles. The van der Waals surface area contributed by atoms with E-state index in [0.29, 0.717) is 6.04 Å². The predicted molar refractivity (Wildman–Crippen MR) is 63.7 cm³/mol. The summed E-state index contributed by atoms with van der Waals surface area (Å²) >= 11 is 0. The van der Waals surface area contributed by atoms with Gasteiger partial charge in [0.05, 0.1) is 6.07 Å². The van der Waals surface area contributed by atoms with Crippen molar-refractivity contribution >= 4 is 5.91 Å². The van der Waals surface area contributed by atoms with Gasteiger partial charge in [-0.2, -0.15) is 5.26 Å². The zero-order valence-electron chi connectivity index (χ0n) is 10.6. The van der Waals surface area contributed by atoms with Crippen LogP contribution in [-0.2, 0) is 4.79 Å². The lowest BCUT2D eigenvalue weighted by molar-refractivity contribution is -0.141. The topological polar surface area (TPSA) is 44.1 Å². The van der Waals surface area contributed by atoms with Gasteiger partial charge in [0.1, 0.15) is 5.41 Å². The predicted octanol–water partition coefficient (Wildman–Crippen LogP) is 2.72. The summed E-state index contributed by atoms with van der Waals surface area (Å²) in [6, 6.07) is 2.47. The number of carbonyl (C=O) groups excluding carboxylic acids is 1. The average Bonchev–Trinajstić information content (AvgIpc) is 2.29. The molecule has 0 radical (unpaired) electrons. The third kappa shape index (κ3) is 2.75. The number of likely N-dealkylation sites (tertiary alicyclic amines) is 1. The van der Waals surface area contributed by atoms with E-state index in [2.05, 4.69) is 13.0 Å². The fourth-order valence-corrected chi connectivity index (χ4v) is 2.31. The maximum absolute atomic E-state index is 12.2. The second kappa shape index (κ2) is 5.34. The smallest absolute Gasteiger partial charge is 0.242 e. The zero-order valence-corrected chi connectivity index (χ0v) is 10.6. The standard InChI is InChI=1S/C13H22N2O/c1-4-7-11-8-5-6-9-15(11)12(16)13(2,3)10-14/h11H,4-9H2,1-3H3. The Kier molecular flexibility index (Phi) is 4.35. The molecule has 0 bridgehead atoms. The molecule has 1 aliphatic heterocycles. The van der Waals surface area contributed by atoms with Gasteiger partial charge >= 0.3 is 0 Å². The first kappa shape index (κ1) is 13.0. The highest BCUT2D eigenvalue weighted by Crippen LogP contribution is 2.26. The van der Waals surface area contributed by atoms with Crippen molar-refractivity contribution in [1.29, 1.82) is 5.26 Å². The molecule has 1 fully saturated rings. The van der Waals surface area contributed by atoms with Crippen molar-refractivity contribution in [3.05, 3.63) is 0 Å². The summed E-state index contributed by atoms with van der Waals surface area (Å²) in [5.74, 6) is 0.00755. The van der Waals surface area contributed by atoms with Gasteiger partial charge in [-0.05, 0) is 39.5 Å². The molecule has 1 unspecified atom stereocenters. The SMILES string of the molecule is CCCC1CCCCN1C(=O)C(C)(C)C#N. The minimum absolute atomic E-state index is 0.00755. The lowest BCUT2D eigenvalue weighted by Gasteiger charge is -2.38. The van der Waals surface area contributed by atoms with Gasteiger partial charge in [0.2, 0.25) is 5.91 Å². The molecule has 1 saturated heterocycles. The Morgan fingerprint density at radius 3 is 2.75 bits per heavy atom. The van der Waals surface area contributed by atoms with Crippen molar-refractivity contribution in [2.75, 3.05) is 6.54 Å². The van der Waals surface area contributed by atoms with E-state index >= 15 is 0 Å². The van der Waals surface area contributed by atoms with Crippen LogP contribution in [0.25, 0.3) is 0 Å². The number of carbonyl (C=O) groups is 1. The molecule has 1 atom stereocenters. The Balaban J connectivity index is 2.76. The average molecular weight is 222 g/mol. The molecule has 1 heterocycles. The second-order valence-electron chi connectivity index (χ2n) is 5.17. The van der Waals surface area contributed by atoms with E-state index in [-0.39, 0.29) is 5.91 Å². The Morgan fingerprint density at radius 2 is 2.19 bits per heavy atom. The zero-order chi connectivity index (χ0) is 12.2. The van der Waals surface area contributed by atoms with Crippen molar-refractivity contribution in [1.82, 2.24) is 4.90 Å². The van der Waals surface area contributed by atoms with Crippen molar-refractivity contribution < 1.29 is 4.79 Å². The molecule has 1 aliphatic rings. The van der Waals surface area contributed by atoms with Gasteiger partial charge in [0.25, 0.3) is 0 Å². The normalized spacial score (nSPS) is 21.6. The van der Waals surface area contributed by atoms with Gasteiger partial charge < -0.3 is 4.90 Å². The first-order chi connectivity index (χ1) is 7.53. The Morgan fingerprint density at radius 1 is 1.50 bits per heavy atom. The summed E-state index contributed by atoms with van der Waals surface area (Å²) in [4.78, 5) is 14.2. The number of nitriles is 1. The number of hydrogen-bond donors (Lipinski definition) is 0.